The molecule has 4 heteroatoms. The molecule has 0 amide bonds. The molecule has 0 spiro atoms. The topological polar surface area (TPSA) is 32.7 Å². The summed E-state index contributed by atoms with van der Waals surface area (Å²) in [5.74, 6) is 0.817. The van der Waals surface area contributed by atoms with E-state index in [1.165, 1.54) is 0 Å². The molecular weight excluding hydrogens is 310 g/mol. The lowest BCUT2D eigenvalue weighted by atomic mass is 9.89. The first kappa shape index (κ1) is 17.8. The second-order valence-electron chi connectivity index (χ2n) is 6.25. The van der Waals surface area contributed by atoms with Crippen molar-refractivity contribution in [1.82, 2.24) is 4.90 Å². The molecule has 2 aromatic rings. The lowest BCUT2D eigenvalue weighted by Crippen LogP contribution is -2.24. The van der Waals surface area contributed by atoms with Crippen molar-refractivity contribution in [1.29, 1.82) is 0 Å². The van der Waals surface area contributed by atoms with Gasteiger partial charge >= 0.3 is 0 Å². The minimum absolute atomic E-state index is 0.533. The van der Waals surface area contributed by atoms with Crippen LogP contribution in [0.4, 0.5) is 0 Å². The number of benzene rings is 2. The van der Waals surface area contributed by atoms with Crippen LogP contribution in [0.25, 0.3) is 0 Å². The van der Waals surface area contributed by atoms with Gasteiger partial charge in [0.05, 0.1) is 5.60 Å². The summed E-state index contributed by atoms with van der Waals surface area (Å²) in [6.45, 7) is 3.34. The summed E-state index contributed by atoms with van der Waals surface area (Å²) in [5, 5.41) is 11.5. The molecule has 124 valence electrons. The molecular formula is C19H24ClNO2. The zero-order chi connectivity index (χ0) is 16.9. The second-order valence-corrected chi connectivity index (χ2v) is 6.69. The van der Waals surface area contributed by atoms with Crippen molar-refractivity contribution in [2.45, 2.75) is 18.9 Å². The van der Waals surface area contributed by atoms with E-state index in [0.717, 1.165) is 23.4 Å². The van der Waals surface area contributed by atoms with Gasteiger partial charge in [0.25, 0.3) is 0 Å². The van der Waals surface area contributed by atoms with E-state index in [4.69, 9.17) is 16.3 Å². The predicted octanol–water partition coefficient (Wildman–Crippen LogP) is 3.73. The van der Waals surface area contributed by atoms with Crippen LogP contribution in [-0.4, -0.2) is 37.3 Å². The average Bonchev–Trinajstić information content (AvgIpc) is 2.50. The highest BCUT2D eigenvalue weighted by molar-refractivity contribution is 6.30. The molecule has 0 radical (unpaired) electrons. The van der Waals surface area contributed by atoms with Crippen LogP contribution in [0.2, 0.25) is 5.02 Å². The fraction of sp³-hybridized carbons (Fsp3) is 0.368. The molecule has 3 nitrogen and oxygen atoms in total. The molecule has 2 aromatic carbocycles. The fourth-order valence-corrected chi connectivity index (χ4v) is 2.48. The minimum atomic E-state index is -0.935. The number of rotatable bonds is 7. The Morgan fingerprint density at radius 1 is 1.04 bits per heavy atom. The molecule has 0 aliphatic heterocycles. The zero-order valence-corrected chi connectivity index (χ0v) is 14.7. The smallest absolute Gasteiger partial charge is 0.119 e. The maximum absolute atomic E-state index is 10.8. The Balaban J connectivity index is 2.00. The Labute approximate surface area is 143 Å². The third-order valence-corrected chi connectivity index (χ3v) is 4.00. The third-order valence-electron chi connectivity index (χ3n) is 3.75. The van der Waals surface area contributed by atoms with Gasteiger partial charge in [0, 0.05) is 18.0 Å². The summed E-state index contributed by atoms with van der Waals surface area (Å²) in [5.41, 5.74) is 0.980. The second kappa shape index (κ2) is 7.82. The van der Waals surface area contributed by atoms with Gasteiger partial charge in [0.15, 0.2) is 0 Å². The fourth-order valence-electron chi connectivity index (χ4n) is 2.36. The number of likely N-dealkylation sites (N-methyl/N-ethyl adjacent to an activating group) is 1. The Hall–Kier alpha value is -1.55. The monoisotopic (exact) mass is 333 g/mol. The van der Waals surface area contributed by atoms with Crippen LogP contribution in [0.15, 0.2) is 48.5 Å². The molecule has 0 fully saturated rings. The van der Waals surface area contributed by atoms with Crippen molar-refractivity contribution in [3.05, 3.63) is 64.7 Å². The highest BCUT2D eigenvalue weighted by atomic mass is 35.5. The van der Waals surface area contributed by atoms with Crippen molar-refractivity contribution in [3.63, 3.8) is 0 Å². The van der Waals surface area contributed by atoms with Crippen LogP contribution in [-0.2, 0) is 12.0 Å². The van der Waals surface area contributed by atoms with Crippen LogP contribution in [0, 0.1) is 0 Å². The molecule has 0 aromatic heterocycles. The Morgan fingerprint density at radius 2 is 1.65 bits per heavy atom. The highest BCUT2D eigenvalue weighted by Crippen LogP contribution is 2.27. The summed E-state index contributed by atoms with van der Waals surface area (Å²) in [4.78, 5) is 2.07. The molecule has 0 saturated heterocycles. The zero-order valence-electron chi connectivity index (χ0n) is 13.9. The van der Waals surface area contributed by atoms with E-state index < -0.39 is 5.60 Å². The number of nitrogens with zero attached hydrogens (tertiary/aromatic N) is 1. The molecule has 1 atom stereocenters. The molecule has 0 aliphatic carbocycles. The summed E-state index contributed by atoms with van der Waals surface area (Å²) in [7, 11) is 4.03. The Morgan fingerprint density at radius 3 is 2.22 bits per heavy atom. The maximum atomic E-state index is 10.8. The molecule has 23 heavy (non-hydrogen) atoms. The lowest BCUT2D eigenvalue weighted by molar-refractivity contribution is 0.0576. The first-order valence-electron chi connectivity index (χ1n) is 7.72. The van der Waals surface area contributed by atoms with E-state index >= 15 is 0 Å². The SMILES string of the molecule is CN(C)CCOc1ccc([C@](C)(O)Cc2ccc(Cl)cc2)cc1. The van der Waals surface area contributed by atoms with Crippen LogP contribution in [0.3, 0.4) is 0 Å². The molecule has 0 unspecified atom stereocenters. The molecule has 1 N–H and O–H groups in total. The molecule has 0 heterocycles. The molecule has 0 saturated carbocycles. The summed E-state index contributed by atoms with van der Waals surface area (Å²) in [6, 6.07) is 15.2. The first-order chi connectivity index (χ1) is 10.9. The van der Waals surface area contributed by atoms with Crippen molar-refractivity contribution in [2.24, 2.45) is 0 Å². The summed E-state index contributed by atoms with van der Waals surface area (Å²) >= 11 is 5.90. The van der Waals surface area contributed by atoms with Gasteiger partial charge in [0.1, 0.15) is 12.4 Å². The summed E-state index contributed by atoms with van der Waals surface area (Å²) < 4.78 is 5.68. The number of ether oxygens (including phenoxy) is 1. The van der Waals surface area contributed by atoms with E-state index in [1.807, 2.05) is 69.6 Å². The quantitative estimate of drug-likeness (QED) is 0.838. The van der Waals surface area contributed by atoms with Crippen molar-refractivity contribution in [2.75, 3.05) is 27.2 Å². The van der Waals surface area contributed by atoms with Crippen LogP contribution >= 0.6 is 11.6 Å². The minimum Gasteiger partial charge on any atom is -0.492 e. The van der Waals surface area contributed by atoms with E-state index in [1.54, 1.807) is 0 Å². The van der Waals surface area contributed by atoms with Crippen molar-refractivity contribution < 1.29 is 9.84 Å². The van der Waals surface area contributed by atoms with Gasteiger partial charge < -0.3 is 14.7 Å². The van der Waals surface area contributed by atoms with Crippen LogP contribution < -0.4 is 4.74 Å². The predicted molar refractivity (Wildman–Crippen MR) is 95.2 cm³/mol. The maximum Gasteiger partial charge on any atom is 0.119 e. The molecule has 0 bridgehead atoms. The molecule has 2 rings (SSSR count). The van der Waals surface area contributed by atoms with Crippen LogP contribution in [0.5, 0.6) is 5.75 Å². The van der Waals surface area contributed by atoms with E-state index in [0.29, 0.717) is 18.1 Å². The summed E-state index contributed by atoms with van der Waals surface area (Å²) in [6.07, 6.45) is 0.533. The van der Waals surface area contributed by atoms with Gasteiger partial charge in [-0.15, -0.1) is 0 Å². The van der Waals surface area contributed by atoms with Gasteiger partial charge in [-0.25, -0.2) is 0 Å². The largest absolute Gasteiger partial charge is 0.492 e. The van der Waals surface area contributed by atoms with E-state index in [9.17, 15) is 5.11 Å². The van der Waals surface area contributed by atoms with Gasteiger partial charge in [-0.3, -0.25) is 0 Å². The van der Waals surface area contributed by atoms with Gasteiger partial charge in [0.2, 0.25) is 0 Å². The van der Waals surface area contributed by atoms with Gasteiger partial charge in [-0.05, 0) is 56.4 Å². The first-order valence-corrected chi connectivity index (χ1v) is 8.09. The average molecular weight is 334 g/mol. The third kappa shape index (κ3) is 5.54. The van der Waals surface area contributed by atoms with E-state index in [-0.39, 0.29) is 0 Å². The number of aliphatic hydroxyl groups is 1. The highest BCUT2D eigenvalue weighted by Gasteiger charge is 2.23. The number of halogens is 1. The van der Waals surface area contributed by atoms with Crippen LogP contribution in [0.1, 0.15) is 18.1 Å². The number of hydrogen-bond donors (Lipinski definition) is 1. The Bertz CT molecular complexity index is 606. The standard InChI is InChI=1S/C19H24ClNO2/c1-19(22,14-15-4-8-17(20)9-5-15)16-6-10-18(11-7-16)23-13-12-21(2)3/h4-11,22H,12-14H2,1-3H3/t19-/m1/s1. The lowest BCUT2D eigenvalue weighted by Gasteiger charge is -2.24. The van der Waals surface area contributed by atoms with Gasteiger partial charge in [-0.1, -0.05) is 35.9 Å². The number of hydrogen-bond acceptors (Lipinski definition) is 3. The normalized spacial score (nSPS) is 13.8. The van der Waals surface area contributed by atoms with E-state index in [2.05, 4.69) is 4.90 Å². The van der Waals surface area contributed by atoms with Gasteiger partial charge in [-0.2, -0.15) is 0 Å². The van der Waals surface area contributed by atoms with Crippen molar-refractivity contribution in [3.8, 4) is 5.75 Å². The molecule has 0 aliphatic rings. The Kier molecular flexibility index (Phi) is 6.05. The van der Waals surface area contributed by atoms with Crippen molar-refractivity contribution >= 4 is 11.6 Å².